The lowest BCUT2D eigenvalue weighted by atomic mass is 10.2. The van der Waals surface area contributed by atoms with E-state index in [1.54, 1.807) is 44.4 Å². The molecule has 1 amide bonds. The van der Waals surface area contributed by atoms with Crippen molar-refractivity contribution in [1.82, 2.24) is 0 Å². The van der Waals surface area contributed by atoms with E-state index in [0.29, 0.717) is 17.2 Å². The van der Waals surface area contributed by atoms with Crippen LogP contribution in [0.25, 0.3) is 6.08 Å². The van der Waals surface area contributed by atoms with Crippen LogP contribution >= 0.6 is 0 Å². The zero-order valence-electron chi connectivity index (χ0n) is 13.6. The number of hydrogen-bond donors (Lipinski definition) is 1. The zero-order valence-corrected chi connectivity index (χ0v) is 13.6. The van der Waals surface area contributed by atoms with Gasteiger partial charge in [-0.3, -0.25) is 9.59 Å². The van der Waals surface area contributed by atoms with Gasteiger partial charge in [-0.25, -0.2) is 0 Å². The maximum absolute atomic E-state index is 12.0. The first-order chi connectivity index (χ1) is 11.6. The lowest BCUT2D eigenvalue weighted by Crippen LogP contribution is -2.09. The van der Waals surface area contributed by atoms with Crippen LogP contribution in [0.5, 0.6) is 11.5 Å². The van der Waals surface area contributed by atoms with E-state index in [9.17, 15) is 9.59 Å². The van der Waals surface area contributed by atoms with E-state index >= 15 is 0 Å². The normalized spacial score (nSPS) is 10.4. The van der Waals surface area contributed by atoms with Crippen LogP contribution in [0.3, 0.4) is 0 Å². The van der Waals surface area contributed by atoms with E-state index in [1.807, 2.05) is 24.3 Å². The number of para-hydroxylation sites is 1. The molecule has 24 heavy (non-hydrogen) atoms. The molecule has 0 atom stereocenters. The Hall–Kier alpha value is -3.08. The first-order valence-electron chi connectivity index (χ1n) is 7.55. The summed E-state index contributed by atoms with van der Waals surface area (Å²) in [6.07, 6.45) is 3.38. The van der Waals surface area contributed by atoms with E-state index in [-0.39, 0.29) is 18.3 Å². The van der Waals surface area contributed by atoms with Crippen LogP contribution < -0.4 is 14.8 Å². The fourth-order valence-corrected chi connectivity index (χ4v) is 1.99. The van der Waals surface area contributed by atoms with Gasteiger partial charge in [-0.15, -0.1) is 0 Å². The van der Waals surface area contributed by atoms with Crippen molar-refractivity contribution in [2.24, 2.45) is 0 Å². The van der Waals surface area contributed by atoms with Gasteiger partial charge < -0.3 is 14.8 Å². The molecule has 0 aliphatic heterocycles. The Morgan fingerprint density at radius 3 is 2.67 bits per heavy atom. The second-order valence-corrected chi connectivity index (χ2v) is 4.92. The zero-order chi connectivity index (χ0) is 17.4. The Morgan fingerprint density at radius 2 is 1.92 bits per heavy atom. The number of hydrogen-bond acceptors (Lipinski definition) is 4. The molecule has 5 nitrogen and oxygen atoms in total. The molecule has 0 spiro atoms. The summed E-state index contributed by atoms with van der Waals surface area (Å²) >= 11 is 0. The second-order valence-electron chi connectivity index (χ2n) is 4.92. The molecule has 124 valence electrons. The molecule has 5 heteroatoms. The van der Waals surface area contributed by atoms with Crippen LogP contribution in [0.15, 0.2) is 54.6 Å². The molecule has 1 N–H and O–H groups in total. The molecule has 0 radical (unpaired) electrons. The minimum Gasteiger partial charge on any atom is -0.496 e. The van der Waals surface area contributed by atoms with Crippen molar-refractivity contribution in [1.29, 1.82) is 0 Å². The van der Waals surface area contributed by atoms with Crippen LogP contribution in [0.1, 0.15) is 18.9 Å². The standard InChI is InChI=1S/C19H19NO4/c1-3-19(22)24-16-9-6-8-15(13-16)20-18(21)12-11-14-7-4-5-10-17(14)23-2/h4-13H,3H2,1-2H3,(H,20,21)/b12-11+. The maximum Gasteiger partial charge on any atom is 0.310 e. The highest BCUT2D eigenvalue weighted by atomic mass is 16.5. The van der Waals surface area contributed by atoms with Gasteiger partial charge in [0.1, 0.15) is 11.5 Å². The smallest absolute Gasteiger partial charge is 0.310 e. The second kappa shape index (κ2) is 8.53. The number of carbonyl (C=O) groups excluding carboxylic acids is 2. The quantitative estimate of drug-likeness (QED) is 0.500. The highest BCUT2D eigenvalue weighted by Gasteiger charge is 2.04. The average molecular weight is 325 g/mol. The fraction of sp³-hybridized carbons (Fsp3) is 0.158. The van der Waals surface area contributed by atoms with Crippen molar-refractivity contribution >= 4 is 23.6 Å². The SMILES string of the molecule is CCC(=O)Oc1cccc(NC(=O)/C=C/c2ccccc2OC)c1. The minimum atomic E-state index is -0.324. The Morgan fingerprint density at radius 1 is 1.12 bits per heavy atom. The molecular weight excluding hydrogens is 306 g/mol. The summed E-state index contributed by atoms with van der Waals surface area (Å²) in [4.78, 5) is 23.3. The number of ether oxygens (including phenoxy) is 2. The Bertz CT molecular complexity index is 753. The molecule has 0 aromatic heterocycles. The van der Waals surface area contributed by atoms with Crippen LogP contribution in [-0.2, 0) is 9.59 Å². The molecule has 0 heterocycles. The van der Waals surface area contributed by atoms with Crippen LogP contribution in [0, 0.1) is 0 Å². The number of methoxy groups -OCH3 is 1. The number of amides is 1. The molecule has 0 fully saturated rings. The summed E-state index contributed by atoms with van der Waals surface area (Å²) < 4.78 is 10.3. The van der Waals surface area contributed by atoms with E-state index < -0.39 is 0 Å². The number of carbonyl (C=O) groups is 2. The predicted molar refractivity (Wildman–Crippen MR) is 93.0 cm³/mol. The lowest BCUT2D eigenvalue weighted by Gasteiger charge is -2.06. The highest BCUT2D eigenvalue weighted by molar-refractivity contribution is 6.02. The minimum absolute atomic E-state index is 0.290. The number of nitrogens with one attached hydrogen (secondary N) is 1. The number of benzene rings is 2. The number of esters is 1. The molecule has 0 aliphatic rings. The van der Waals surface area contributed by atoms with Crippen molar-refractivity contribution in [2.75, 3.05) is 12.4 Å². The van der Waals surface area contributed by atoms with Gasteiger partial charge in [0.05, 0.1) is 7.11 Å². The summed E-state index contributed by atoms with van der Waals surface area (Å²) in [6, 6.07) is 14.1. The van der Waals surface area contributed by atoms with Crippen LogP contribution in [0.2, 0.25) is 0 Å². The van der Waals surface area contributed by atoms with Crippen LogP contribution in [-0.4, -0.2) is 19.0 Å². The van der Waals surface area contributed by atoms with Crippen molar-refractivity contribution in [3.05, 3.63) is 60.2 Å². The summed E-state index contributed by atoms with van der Waals surface area (Å²) in [5, 5.41) is 2.72. The van der Waals surface area contributed by atoms with E-state index in [4.69, 9.17) is 9.47 Å². The molecule has 0 unspecified atom stereocenters. The first kappa shape index (κ1) is 17.3. The molecular formula is C19H19NO4. The van der Waals surface area contributed by atoms with Gasteiger partial charge in [0.15, 0.2) is 0 Å². The van der Waals surface area contributed by atoms with Gasteiger partial charge in [-0.1, -0.05) is 31.2 Å². The van der Waals surface area contributed by atoms with Gasteiger partial charge in [0, 0.05) is 29.8 Å². The van der Waals surface area contributed by atoms with E-state index in [0.717, 1.165) is 5.56 Å². The molecule has 0 aliphatic carbocycles. The Balaban J connectivity index is 2.03. The molecule has 0 saturated carbocycles. The Labute approximate surface area is 140 Å². The molecule has 0 bridgehead atoms. The highest BCUT2D eigenvalue weighted by Crippen LogP contribution is 2.20. The van der Waals surface area contributed by atoms with Gasteiger partial charge in [0.25, 0.3) is 0 Å². The molecule has 2 rings (SSSR count). The monoisotopic (exact) mass is 325 g/mol. The third kappa shape index (κ3) is 4.98. The summed E-state index contributed by atoms with van der Waals surface area (Å²) in [5.41, 5.74) is 1.35. The largest absolute Gasteiger partial charge is 0.496 e. The van der Waals surface area contributed by atoms with Gasteiger partial charge >= 0.3 is 5.97 Å². The maximum atomic E-state index is 12.0. The van der Waals surface area contributed by atoms with E-state index in [2.05, 4.69) is 5.32 Å². The Kier molecular flexibility index (Phi) is 6.14. The fourth-order valence-electron chi connectivity index (χ4n) is 1.99. The first-order valence-corrected chi connectivity index (χ1v) is 7.55. The van der Waals surface area contributed by atoms with Gasteiger partial charge in [-0.05, 0) is 24.3 Å². The lowest BCUT2D eigenvalue weighted by molar-refractivity contribution is -0.134. The molecule has 2 aromatic carbocycles. The molecule has 2 aromatic rings. The van der Waals surface area contributed by atoms with Gasteiger partial charge in [0.2, 0.25) is 5.91 Å². The van der Waals surface area contributed by atoms with Gasteiger partial charge in [-0.2, -0.15) is 0 Å². The topological polar surface area (TPSA) is 64.6 Å². The molecule has 0 saturated heterocycles. The third-order valence-corrected chi connectivity index (χ3v) is 3.18. The van der Waals surface area contributed by atoms with Crippen molar-refractivity contribution < 1.29 is 19.1 Å². The van der Waals surface area contributed by atoms with E-state index in [1.165, 1.54) is 6.08 Å². The number of rotatable bonds is 6. The van der Waals surface area contributed by atoms with Crippen LogP contribution in [0.4, 0.5) is 5.69 Å². The van der Waals surface area contributed by atoms with Crippen molar-refractivity contribution in [3.63, 3.8) is 0 Å². The summed E-state index contributed by atoms with van der Waals surface area (Å²) in [6.45, 7) is 1.72. The summed E-state index contributed by atoms with van der Waals surface area (Å²) in [5.74, 6) is 0.470. The predicted octanol–water partition coefficient (Wildman–Crippen LogP) is 3.66. The summed E-state index contributed by atoms with van der Waals surface area (Å²) in [7, 11) is 1.58. The van der Waals surface area contributed by atoms with Crippen molar-refractivity contribution in [2.45, 2.75) is 13.3 Å². The third-order valence-electron chi connectivity index (χ3n) is 3.18. The average Bonchev–Trinajstić information content (AvgIpc) is 2.60. The van der Waals surface area contributed by atoms with Crippen molar-refractivity contribution in [3.8, 4) is 11.5 Å². The number of anilines is 1.